The Kier molecular flexibility index (Phi) is 6.24. The standard InChI is InChI=1S/C25H28F3N3O3/c1-23(2,3)18-6-4-17(5-7-18)21-16-24(34-30-21)12-14-31(15-13-24)22(32)29-19-8-10-20(11-9-19)33-25(26,27)28/h4-11,16,30H,12-15H2,1-3H3,(H,29,32). The first-order valence-electron chi connectivity index (χ1n) is 11.1. The summed E-state index contributed by atoms with van der Waals surface area (Å²) in [5.41, 5.74) is 6.26. The minimum absolute atomic E-state index is 0.0834. The number of carbonyl (C=O) groups is 1. The van der Waals surface area contributed by atoms with Gasteiger partial charge in [0.2, 0.25) is 0 Å². The van der Waals surface area contributed by atoms with Crippen LogP contribution >= 0.6 is 0 Å². The highest BCUT2D eigenvalue weighted by Gasteiger charge is 2.40. The number of alkyl halides is 3. The molecule has 0 unspecified atom stereocenters. The van der Waals surface area contributed by atoms with E-state index in [4.69, 9.17) is 4.84 Å². The third-order valence-corrected chi connectivity index (χ3v) is 6.07. The van der Waals surface area contributed by atoms with Crippen molar-refractivity contribution in [1.82, 2.24) is 10.4 Å². The van der Waals surface area contributed by atoms with Crippen molar-refractivity contribution >= 4 is 17.4 Å². The summed E-state index contributed by atoms with van der Waals surface area (Å²) in [5, 5.41) is 2.71. The van der Waals surface area contributed by atoms with Crippen molar-refractivity contribution in [3.05, 3.63) is 65.7 Å². The molecule has 2 aromatic rings. The lowest BCUT2D eigenvalue weighted by Crippen LogP contribution is -2.48. The Labute approximate surface area is 196 Å². The van der Waals surface area contributed by atoms with Crippen LogP contribution in [0.1, 0.15) is 44.7 Å². The molecule has 4 rings (SSSR count). The molecule has 2 aliphatic rings. The van der Waals surface area contributed by atoms with Crippen LogP contribution in [0.5, 0.6) is 5.75 Å². The van der Waals surface area contributed by atoms with E-state index in [2.05, 4.69) is 66.6 Å². The fourth-order valence-electron chi connectivity index (χ4n) is 4.05. The molecule has 2 amide bonds. The SMILES string of the molecule is CC(C)(C)c1ccc(C2=CC3(CCN(C(=O)Nc4ccc(OC(F)(F)F)cc4)CC3)ON2)cc1. The van der Waals surface area contributed by atoms with Gasteiger partial charge in [0.25, 0.3) is 0 Å². The largest absolute Gasteiger partial charge is 0.573 e. The number of carbonyl (C=O) groups excluding carboxylic acids is 1. The summed E-state index contributed by atoms with van der Waals surface area (Å²) < 4.78 is 40.7. The van der Waals surface area contributed by atoms with Gasteiger partial charge >= 0.3 is 12.4 Å². The van der Waals surface area contributed by atoms with Gasteiger partial charge in [-0.3, -0.25) is 10.3 Å². The van der Waals surface area contributed by atoms with Crippen LogP contribution in [0.4, 0.5) is 23.7 Å². The van der Waals surface area contributed by atoms with E-state index in [1.54, 1.807) is 4.90 Å². The number of piperidine rings is 1. The first-order valence-corrected chi connectivity index (χ1v) is 11.1. The molecule has 1 spiro atoms. The summed E-state index contributed by atoms with van der Waals surface area (Å²) >= 11 is 0. The zero-order valence-corrected chi connectivity index (χ0v) is 19.3. The number of hydroxylamine groups is 1. The molecule has 2 N–H and O–H groups in total. The average Bonchev–Trinajstić information content (AvgIpc) is 3.17. The van der Waals surface area contributed by atoms with Gasteiger partial charge in [-0.15, -0.1) is 13.2 Å². The number of nitrogens with zero attached hydrogens (tertiary/aromatic N) is 1. The average molecular weight is 476 g/mol. The van der Waals surface area contributed by atoms with Crippen LogP contribution in [-0.4, -0.2) is 36.0 Å². The number of hydrogen-bond acceptors (Lipinski definition) is 4. The fraction of sp³-hybridized carbons (Fsp3) is 0.400. The first kappa shape index (κ1) is 23.9. The number of likely N-dealkylation sites (tertiary alicyclic amines) is 1. The highest BCUT2D eigenvalue weighted by atomic mass is 19.4. The molecule has 1 saturated heterocycles. The quantitative estimate of drug-likeness (QED) is 0.587. The lowest BCUT2D eigenvalue weighted by atomic mass is 9.86. The Balaban J connectivity index is 1.33. The summed E-state index contributed by atoms with van der Waals surface area (Å²) in [6.07, 6.45) is -1.42. The Morgan fingerprint density at radius 3 is 2.21 bits per heavy atom. The van der Waals surface area contributed by atoms with Crippen LogP contribution < -0.4 is 15.5 Å². The van der Waals surface area contributed by atoms with Crippen molar-refractivity contribution in [3.8, 4) is 5.75 Å². The number of ether oxygens (including phenoxy) is 1. The van der Waals surface area contributed by atoms with Crippen molar-refractivity contribution in [2.45, 2.75) is 51.0 Å². The van der Waals surface area contributed by atoms with Crippen molar-refractivity contribution in [2.24, 2.45) is 0 Å². The Hall–Kier alpha value is -3.20. The molecule has 9 heteroatoms. The van der Waals surface area contributed by atoms with Crippen molar-refractivity contribution in [2.75, 3.05) is 18.4 Å². The first-order chi connectivity index (χ1) is 15.9. The third-order valence-electron chi connectivity index (χ3n) is 6.07. The summed E-state index contributed by atoms with van der Waals surface area (Å²) in [5.74, 6) is -0.341. The zero-order chi connectivity index (χ0) is 24.6. The molecule has 182 valence electrons. The highest BCUT2D eigenvalue weighted by molar-refractivity contribution is 5.89. The maximum Gasteiger partial charge on any atom is 0.573 e. The van der Waals surface area contributed by atoms with E-state index in [9.17, 15) is 18.0 Å². The van der Waals surface area contributed by atoms with Crippen LogP contribution in [0.25, 0.3) is 5.70 Å². The molecule has 0 atom stereocenters. The minimum Gasteiger partial charge on any atom is -0.406 e. The summed E-state index contributed by atoms with van der Waals surface area (Å²) in [6.45, 7) is 7.49. The van der Waals surface area contributed by atoms with Crippen LogP contribution in [0, 0.1) is 0 Å². The van der Waals surface area contributed by atoms with Gasteiger partial charge in [-0.1, -0.05) is 45.0 Å². The number of halogens is 3. The third kappa shape index (κ3) is 5.64. The molecule has 2 heterocycles. The van der Waals surface area contributed by atoms with Crippen LogP contribution in [0.2, 0.25) is 0 Å². The molecule has 0 radical (unpaired) electrons. The predicted octanol–water partition coefficient (Wildman–Crippen LogP) is 5.83. The molecule has 0 aliphatic carbocycles. The minimum atomic E-state index is -4.75. The maximum absolute atomic E-state index is 12.6. The molecule has 0 bridgehead atoms. The number of nitrogens with one attached hydrogen (secondary N) is 2. The molecule has 2 aromatic carbocycles. The van der Waals surface area contributed by atoms with Gasteiger partial charge in [0.15, 0.2) is 0 Å². The van der Waals surface area contributed by atoms with E-state index in [0.29, 0.717) is 31.6 Å². The number of amides is 2. The van der Waals surface area contributed by atoms with Crippen molar-refractivity contribution in [3.63, 3.8) is 0 Å². The zero-order valence-electron chi connectivity index (χ0n) is 19.3. The van der Waals surface area contributed by atoms with Gasteiger partial charge < -0.3 is 15.0 Å². The second kappa shape index (κ2) is 8.87. The van der Waals surface area contributed by atoms with Crippen LogP contribution in [0.3, 0.4) is 0 Å². The van der Waals surface area contributed by atoms with Crippen LogP contribution in [-0.2, 0) is 10.3 Å². The number of rotatable bonds is 3. The van der Waals surface area contributed by atoms with E-state index in [-0.39, 0.29) is 17.2 Å². The second-order valence-corrected chi connectivity index (χ2v) is 9.64. The molecular weight excluding hydrogens is 447 g/mol. The highest BCUT2D eigenvalue weighted by Crippen LogP contribution is 2.35. The number of urea groups is 1. The molecule has 0 aromatic heterocycles. The van der Waals surface area contributed by atoms with Gasteiger partial charge in [0.05, 0.1) is 5.70 Å². The monoisotopic (exact) mass is 475 g/mol. The number of anilines is 1. The van der Waals surface area contributed by atoms with E-state index < -0.39 is 12.0 Å². The Morgan fingerprint density at radius 1 is 1.03 bits per heavy atom. The lowest BCUT2D eigenvalue weighted by Gasteiger charge is -2.36. The number of benzene rings is 2. The molecule has 6 nitrogen and oxygen atoms in total. The topological polar surface area (TPSA) is 62.8 Å². The fourth-order valence-corrected chi connectivity index (χ4v) is 4.05. The smallest absolute Gasteiger partial charge is 0.406 e. The van der Waals surface area contributed by atoms with Gasteiger partial charge in [0.1, 0.15) is 11.4 Å². The van der Waals surface area contributed by atoms with Gasteiger partial charge in [0, 0.05) is 31.6 Å². The summed E-state index contributed by atoms with van der Waals surface area (Å²) in [4.78, 5) is 20.2. The van der Waals surface area contributed by atoms with E-state index >= 15 is 0 Å². The van der Waals surface area contributed by atoms with Gasteiger partial charge in [-0.2, -0.15) is 0 Å². The van der Waals surface area contributed by atoms with Crippen molar-refractivity contribution < 1.29 is 27.5 Å². The maximum atomic E-state index is 12.6. The molecule has 1 fully saturated rings. The van der Waals surface area contributed by atoms with Crippen LogP contribution in [0.15, 0.2) is 54.6 Å². The molecule has 34 heavy (non-hydrogen) atoms. The molecular formula is C25H28F3N3O3. The second-order valence-electron chi connectivity index (χ2n) is 9.64. The van der Waals surface area contributed by atoms with Gasteiger partial charge in [-0.25, -0.2) is 4.79 Å². The normalized spacial score (nSPS) is 17.8. The lowest BCUT2D eigenvalue weighted by molar-refractivity contribution is -0.274. The summed E-state index contributed by atoms with van der Waals surface area (Å²) in [7, 11) is 0. The molecule has 0 saturated carbocycles. The summed E-state index contributed by atoms with van der Waals surface area (Å²) in [6, 6.07) is 13.1. The van der Waals surface area contributed by atoms with Crippen molar-refractivity contribution in [1.29, 1.82) is 0 Å². The molecule has 2 aliphatic heterocycles. The Morgan fingerprint density at radius 2 is 1.65 bits per heavy atom. The number of hydrogen-bond donors (Lipinski definition) is 2. The van der Waals surface area contributed by atoms with E-state index in [1.165, 1.54) is 17.7 Å². The Bertz CT molecular complexity index is 1050. The van der Waals surface area contributed by atoms with E-state index in [0.717, 1.165) is 23.4 Å². The predicted molar refractivity (Wildman–Crippen MR) is 123 cm³/mol. The van der Waals surface area contributed by atoms with E-state index in [1.807, 2.05) is 0 Å². The van der Waals surface area contributed by atoms with Gasteiger partial charge in [-0.05, 0) is 46.9 Å².